The second-order valence-electron chi connectivity index (χ2n) is 4.98. The van der Waals surface area contributed by atoms with Gasteiger partial charge >= 0.3 is 0 Å². The lowest BCUT2D eigenvalue weighted by Crippen LogP contribution is -1.99. The number of aromatic hydroxyl groups is 1. The summed E-state index contributed by atoms with van der Waals surface area (Å²) in [5.74, 6) is 0.332. The lowest BCUT2D eigenvalue weighted by Gasteiger charge is -2.10. The first-order chi connectivity index (χ1) is 11.1. The Morgan fingerprint density at radius 2 is 1.78 bits per heavy atom. The number of hydrogen-bond donors (Lipinski definition) is 2. The summed E-state index contributed by atoms with van der Waals surface area (Å²) in [7, 11) is 0. The van der Waals surface area contributed by atoms with Crippen LogP contribution in [0.2, 0.25) is 5.02 Å². The van der Waals surface area contributed by atoms with E-state index in [2.05, 4.69) is 11.1 Å². The maximum Gasteiger partial charge on any atom is 0.142 e. The van der Waals surface area contributed by atoms with Gasteiger partial charge in [0.25, 0.3) is 0 Å². The number of hydrogen-bond acceptors (Lipinski definition) is 4. The molecule has 4 nitrogen and oxygen atoms in total. The minimum atomic E-state index is 0.160. The fourth-order valence-corrected chi connectivity index (χ4v) is 2.54. The van der Waals surface area contributed by atoms with Crippen molar-refractivity contribution in [3.63, 3.8) is 0 Å². The second-order valence-corrected chi connectivity index (χ2v) is 5.42. The minimum absolute atomic E-state index is 0.160. The van der Waals surface area contributed by atoms with E-state index in [9.17, 15) is 10.4 Å². The van der Waals surface area contributed by atoms with Crippen molar-refractivity contribution in [2.45, 2.75) is 0 Å². The highest BCUT2D eigenvalue weighted by atomic mass is 35.5. The number of benzene rings is 2. The van der Waals surface area contributed by atoms with E-state index in [1.54, 1.807) is 42.5 Å². The van der Waals surface area contributed by atoms with E-state index in [0.29, 0.717) is 21.8 Å². The number of rotatable bonds is 2. The molecular formula is C18H12ClN3O. The molecule has 0 fully saturated rings. The van der Waals surface area contributed by atoms with Crippen molar-refractivity contribution in [2.75, 3.05) is 5.73 Å². The van der Waals surface area contributed by atoms with Gasteiger partial charge in [0.15, 0.2) is 0 Å². The molecule has 0 saturated heterocycles. The maximum absolute atomic E-state index is 9.40. The highest BCUT2D eigenvalue weighted by Gasteiger charge is 2.13. The predicted molar refractivity (Wildman–Crippen MR) is 90.9 cm³/mol. The zero-order chi connectivity index (χ0) is 16.4. The molecule has 5 heteroatoms. The first-order valence-electron chi connectivity index (χ1n) is 6.84. The van der Waals surface area contributed by atoms with Crippen LogP contribution in [-0.2, 0) is 0 Å². The van der Waals surface area contributed by atoms with Crippen molar-refractivity contribution in [3.05, 3.63) is 65.2 Å². The molecule has 0 aliphatic heterocycles. The van der Waals surface area contributed by atoms with Crippen molar-refractivity contribution >= 4 is 17.4 Å². The van der Waals surface area contributed by atoms with Gasteiger partial charge in [-0.3, -0.25) is 0 Å². The summed E-state index contributed by atoms with van der Waals surface area (Å²) in [6, 6.07) is 17.7. The van der Waals surface area contributed by atoms with Gasteiger partial charge in [-0.2, -0.15) is 5.26 Å². The van der Waals surface area contributed by atoms with Gasteiger partial charge in [0.05, 0.1) is 5.69 Å². The molecule has 0 bridgehead atoms. The summed E-state index contributed by atoms with van der Waals surface area (Å²) in [6.07, 6.45) is 0. The van der Waals surface area contributed by atoms with E-state index < -0.39 is 0 Å². The van der Waals surface area contributed by atoms with Gasteiger partial charge in [0.1, 0.15) is 23.2 Å². The largest absolute Gasteiger partial charge is 0.508 e. The van der Waals surface area contributed by atoms with Gasteiger partial charge in [-0.15, -0.1) is 0 Å². The molecule has 0 aliphatic rings. The Morgan fingerprint density at radius 3 is 2.43 bits per heavy atom. The Balaban J connectivity index is 2.22. The Bertz CT molecular complexity index is 915. The molecule has 3 aromatic rings. The van der Waals surface area contributed by atoms with Crippen LogP contribution in [0.3, 0.4) is 0 Å². The van der Waals surface area contributed by atoms with E-state index in [0.717, 1.165) is 11.1 Å². The van der Waals surface area contributed by atoms with E-state index in [1.165, 1.54) is 0 Å². The lowest BCUT2D eigenvalue weighted by molar-refractivity contribution is 0.475. The number of halogens is 1. The van der Waals surface area contributed by atoms with E-state index in [-0.39, 0.29) is 11.6 Å². The van der Waals surface area contributed by atoms with Crippen LogP contribution in [0.1, 0.15) is 5.56 Å². The topological polar surface area (TPSA) is 82.9 Å². The average molecular weight is 322 g/mol. The Kier molecular flexibility index (Phi) is 3.88. The van der Waals surface area contributed by atoms with Gasteiger partial charge in [-0.25, -0.2) is 4.98 Å². The lowest BCUT2D eigenvalue weighted by atomic mass is 9.98. The number of phenols is 1. The molecule has 0 spiro atoms. The molecule has 0 atom stereocenters. The molecule has 23 heavy (non-hydrogen) atoms. The zero-order valence-electron chi connectivity index (χ0n) is 12.0. The van der Waals surface area contributed by atoms with Crippen molar-refractivity contribution in [3.8, 4) is 34.2 Å². The van der Waals surface area contributed by atoms with Crippen molar-refractivity contribution in [1.82, 2.24) is 4.98 Å². The minimum Gasteiger partial charge on any atom is -0.508 e. The van der Waals surface area contributed by atoms with Crippen LogP contribution < -0.4 is 5.73 Å². The third kappa shape index (κ3) is 2.96. The predicted octanol–water partition coefficient (Wildman–Crippen LogP) is 4.23. The molecule has 1 heterocycles. The summed E-state index contributed by atoms with van der Waals surface area (Å²) in [5, 5.41) is 19.4. The highest BCUT2D eigenvalue weighted by Crippen LogP contribution is 2.32. The zero-order valence-corrected chi connectivity index (χ0v) is 12.7. The fourth-order valence-electron chi connectivity index (χ4n) is 2.35. The first kappa shape index (κ1) is 14.9. The number of nitrogens with zero attached hydrogens (tertiary/aromatic N) is 2. The number of nitrogen functional groups attached to an aromatic ring is 1. The maximum atomic E-state index is 9.40. The van der Waals surface area contributed by atoms with Crippen molar-refractivity contribution < 1.29 is 5.11 Å². The number of nitriles is 1. The van der Waals surface area contributed by atoms with Crippen LogP contribution in [0.4, 0.5) is 5.82 Å². The Morgan fingerprint density at radius 1 is 1.04 bits per heavy atom. The number of aromatic nitrogens is 1. The smallest absolute Gasteiger partial charge is 0.142 e. The second kappa shape index (κ2) is 5.99. The van der Waals surface area contributed by atoms with Crippen molar-refractivity contribution in [1.29, 1.82) is 5.26 Å². The fraction of sp³-hybridized carbons (Fsp3) is 0. The third-order valence-corrected chi connectivity index (χ3v) is 3.69. The Hall–Kier alpha value is -3.03. The van der Waals surface area contributed by atoms with Crippen molar-refractivity contribution in [2.24, 2.45) is 0 Å². The standard InChI is InChI=1S/C18H12ClN3O/c19-13-3-1-2-12(8-13)15-9-17(22-18(21)16(15)10-20)11-4-6-14(23)7-5-11/h1-9,23H,(H2,21,22). The summed E-state index contributed by atoms with van der Waals surface area (Å²) in [6.45, 7) is 0. The van der Waals surface area contributed by atoms with Crippen LogP contribution in [0, 0.1) is 11.3 Å². The van der Waals surface area contributed by atoms with Crippen LogP contribution in [-0.4, -0.2) is 10.1 Å². The SMILES string of the molecule is N#Cc1c(-c2cccc(Cl)c2)cc(-c2ccc(O)cc2)nc1N. The molecule has 3 N–H and O–H groups in total. The summed E-state index contributed by atoms with van der Waals surface area (Å²) >= 11 is 6.05. The molecule has 0 amide bonds. The normalized spacial score (nSPS) is 10.3. The average Bonchev–Trinajstić information content (AvgIpc) is 2.55. The summed E-state index contributed by atoms with van der Waals surface area (Å²) in [4.78, 5) is 4.29. The van der Waals surface area contributed by atoms with E-state index in [4.69, 9.17) is 17.3 Å². The quantitative estimate of drug-likeness (QED) is 0.740. The molecule has 2 aromatic carbocycles. The molecular weight excluding hydrogens is 310 g/mol. The number of phenolic OH excluding ortho intramolecular Hbond substituents is 1. The van der Waals surface area contributed by atoms with Gasteiger partial charge in [-0.1, -0.05) is 23.7 Å². The van der Waals surface area contributed by atoms with Crippen LogP contribution >= 0.6 is 11.6 Å². The molecule has 0 unspecified atom stereocenters. The molecule has 1 aromatic heterocycles. The molecule has 112 valence electrons. The van der Waals surface area contributed by atoms with Gasteiger partial charge in [-0.05, 0) is 48.0 Å². The van der Waals surface area contributed by atoms with Gasteiger partial charge in [0, 0.05) is 16.1 Å². The monoisotopic (exact) mass is 321 g/mol. The number of nitrogens with two attached hydrogens (primary N) is 1. The van der Waals surface area contributed by atoms with Crippen LogP contribution in [0.25, 0.3) is 22.4 Å². The molecule has 3 rings (SSSR count). The van der Waals surface area contributed by atoms with Crippen LogP contribution in [0.5, 0.6) is 5.75 Å². The van der Waals surface area contributed by atoms with E-state index in [1.807, 2.05) is 12.1 Å². The Labute approximate surface area is 138 Å². The molecule has 0 saturated carbocycles. The van der Waals surface area contributed by atoms with Gasteiger partial charge in [0.2, 0.25) is 0 Å². The summed E-state index contributed by atoms with van der Waals surface area (Å²) < 4.78 is 0. The summed E-state index contributed by atoms with van der Waals surface area (Å²) in [5.41, 5.74) is 9.16. The third-order valence-electron chi connectivity index (χ3n) is 3.46. The van der Waals surface area contributed by atoms with E-state index >= 15 is 0 Å². The highest BCUT2D eigenvalue weighted by molar-refractivity contribution is 6.30. The first-order valence-corrected chi connectivity index (χ1v) is 7.22. The number of pyridine rings is 1. The van der Waals surface area contributed by atoms with Crippen LogP contribution in [0.15, 0.2) is 54.6 Å². The molecule has 0 radical (unpaired) electrons. The molecule has 0 aliphatic carbocycles. The van der Waals surface area contributed by atoms with Gasteiger partial charge < -0.3 is 10.8 Å². The number of anilines is 1.